The van der Waals surface area contributed by atoms with Crippen molar-refractivity contribution in [1.82, 2.24) is 19.9 Å². The summed E-state index contributed by atoms with van der Waals surface area (Å²) in [4.78, 5) is 65.7. The number of pyridine rings is 4. The van der Waals surface area contributed by atoms with Crippen LogP contribution >= 0.6 is 0 Å². The van der Waals surface area contributed by atoms with Crippen LogP contribution in [0.4, 0.5) is 11.4 Å². The first-order valence-electron chi connectivity index (χ1n) is 19.6. The quantitative estimate of drug-likeness (QED) is 0.0919. The zero-order valence-electron chi connectivity index (χ0n) is 34.6. The lowest BCUT2D eigenvalue weighted by molar-refractivity contribution is -0.0134. The summed E-state index contributed by atoms with van der Waals surface area (Å²) in [6.07, 6.45) is 4.13. The summed E-state index contributed by atoms with van der Waals surface area (Å²) < 4.78 is 11.1. The fourth-order valence-electron chi connectivity index (χ4n) is 6.90. The molecule has 0 saturated carbocycles. The van der Waals surface area contributed by atoms with E-state index in [4.69, 9.17) is 30.5 Å². The van der Waals surface area contributed by atoms with Gasteiger partial charge in [0.25, 0.3) is 11.1 Å². The predicted molar refractivity (Wildman–Crippen MR) is 224 cm³/mol. The maximum Gasteiger partial charge on any atom is 0.354 e. The largest absolute Gasteiger partial charge is 0.477 e. The van der Waals surface area contributed by atoms with E-state index in [0.717, 1.165) is 25.7 Å². The third-order valence-electron chi connectivity index (χ3n) is 11.1. The van der Waals surface area contributed by atoms with Gasteiger partial charge in [-0.15, -0.1) is 0 Å². The minimum Gasteiger partial charge on any atom is -0.477 e. The molecule has 0 spiro atoms. The van der Waals surface area contributed by atoms with Crippen molar-refractivity contribution < 1.29 is 44.6 Å². The number of hydrogen-bond acceptors (Lipinski definition) is 17. The van der Waals surface area contributed by atoms with E-state index in [2.05, 4.69) is 19.9 Å². The summed E-state index contributed by atoms with van der Waals surface area (Å²) >= 11 is 0. The molecule has 2 atom stereocenters. The molecule has 0 bridgehead atoms. The van der Waals surface area contributed by atoms with Crippen molar-refractivity contribution in [3.8, 4) is 12.1 Å². The number of carbonyl (C=O) groups excluding carboxylic acids is 1. The van der Waals surface area contributed by atoms with Crippen molar-refractivity contribution >= 4 is 44.9 Å². The number of aliphatic hydroxyl groups excluding tert-OH is 4. The average molecular weight is 848 g/mol. The molecule has 0 aromatic carbocycles. The van der Waals surface area contributed by atoms with Gasteiger partial charge in [0.1, 0.15) is 34.7 Å². The molecular formula is C41H53N9O11. The number of anilines is 2. The van der Waals surface area contributed by atoms with Crippen LogP contribution in [-0.2, 0) is 9.47 Å². The number of piperidine rings is 2. The fourth-order valence-corrected chi connectivity index (χ4v) is 6.90. The lowest BCUT2D eigenvalue weighted by Gasteiger charge is -2.40. The number of aromatic amines is 2. The molecule has 0 radical (unpaired) electrons. The number of carbonyl (C=O) groups is 2. The van der Waals surface area contributed by atoms with Gasteiger partial charge in [0.05, 0.1) is 71.4 Å². The third kappa shape index (κ3) is 11.5. The highest BCUT2D eigenvalue weighted by Gasteiger charge is 2.33. The third-order valence-corrected chi connectivity index (χ3v) is 11.1. The molecule has 6 heterocycles. The van der Waals surface area contributed by atoms with Gasteiger partial charge in [-0.2, -0.15) is 10.5 Å². The average Bonchev–Trinajstić information content (AvgIpc) is 3.27. The van der Waals surface area contributed by atoms with Gasteiger partial charge in [0, 0.05) is 64.1 Å². The minimum absolute atomic E-state index is 0.00354. The number of fused-ring (bicyclic) bond motifs is 2. The molecule has 0 aliphatic carbocycles. The second-order valence-corrected chi connectivity index (χ2v) is 15.3. The molecule has 2 fully saturated rings. The normalized spacial score (nSPS) is 16.6. The van der Waals surface area contributed by atoms with Gasteiger partial charge in [-0.3, -0.25) is 19.4 Å². The van der Waals surface area contributed by atoms with E-state index in [1.54, 1.807) is 20.3 Å². The first kappa shape index (κ1) is 47.8. The molecule has 61 heavy (non-hydrogen) atoms. The number of nitrogens with two attached hydrogens (primary N) is 1. The van der Waals surface area contributed by atoms with Gasteiger partial charge in [0.15, 0.2) is 5.78 Å². The Hall–Kier alpha value is -5.84. The Balaban J connectivity index is 0.000000240. The Morgan fingerprint density at radius 3 is 1.56 bits per heavy atom. The summed E-state index contributed by atoms with van der Waals surface area (Å²) in [7, 11) is 3.35. The molecule has 2 unspecified atom stereocenters. The molecule has 20 heteroatoms. The molecule has 2 aliphatic heterocycles. The highest BCUT2D eigenvalue weighted by atomic mass is 16.5. The number of ether oxygens (including phenoxy) is 2. The van der Waals surface area contributed by atoms with E-state index >= 15 is 0 Å². The zero-order valence-corrected chi connectivity index (χ0v) is 34.6. The van der Waals surface area contributed by atoms with E-state index in [-0.39, 0.29) is 65.5 Å². The number of nitrogens with one attached hydrogen (secondary N) is 2. The summed E-state index contributed by atoms with van der Waals surface area (Å²) in [5, 5.41) is 64.1. The van der Waals surface area contributed by atoms with Gasteiger partial charge in [-0.1, -0.05) is 0 Å². The Morgan fingerprint density at radius 1 is 0.803 bits per heavy atom. The van der Waals surface area contributed by atoms with Crippen molar-refractivity contribution in [2.24, 2.45) is 5.73 Å². The second kappa shape index (κ2) is 21.1. The zero-order chi connectivity index (χ0) is 45.1. The molecule has 2 aliphatic rings. The number of hydrogen-bond donors (Lipinski definition) is 8. The molecule has 4 aromatic heterocycles. The van der Waals surface area contributed by atoms with Gasteiger partial charge < -0.3 is 60.5 Å². The topological polar surface area (TPSA) is 325 Å². The standard InChI is InChI=1S/C21H26N4O5.C17H18N4O4.C3H9NO2/c1-21(30-2)5-7-25(8-6-21)19-14-9-16(18(28)4-3-13(27)12-26)23-11-17(14)24-20(29)15(19)10-22;1-17(25-2)3-5-21(6-4-17)14-10-7-12(16(23)24)19-9-13(10)20-15(22)11(14)8-18;4-1-3(6)2-5/h9,11,13,26-27H,3-8,12H2,1-2H3,(H,24,29);7,9H,3-6H2,1-2H3,(H,20,22)(H,23,24);3,5-6H,1-2,4H2. The number of aliphatic hydroxyl groups is 4. The van der Waals surface area contributed by atoms with Gasteiger partial charge in [-0.05, 0) is 58.1 Å². The highest BCUT2D eigenvalue weighted by molar-refractivity contribution is 6.01. The number of Topliss-reactive ketones (excluding diaryl/α,β-unsaturated/α-hetero) is 1. The summed E-state index contributed by atoms with van der Waals surface area (Å²) in [5.41, 5.74) is 5.23. The molecule has 328 valence electrons. The maximum absolute atomic E-state index is 12.5. The van der Waals surface area contributed by atoms with Crippen molar-refractivity contribution in [1.29, 1.82) is 10.5 Å². The monoisotopic (exact) mass is 847 g/mol. The first-order chi connectivity index (χ1) is 29.0. The van der Waals surface area contributed by atoms with Crippen LogP contribution in [0.5, 0.6) is 0 Å². The van der Waals surface area contributed by atoms with Crippen molar-refractivity contribution in [3.63, 3.8) is 0 Å². The number of H-pyrrole nitrogens is 2. The number of ketones is 1. The van der Waals surface area contributed by atoms with Crippen LogP contribution in [0.25, 0.3) is 21.8 Å². The molecule has 6 rings (SSSR count). The smallest absolute Gasteiger partial charge is 0.354 e. The summed E-state index contributed by atoms with van der Waals surface area (Å²) in [6, 6.07) is 6.93. The van der Waals surface area contributed by atoms with E-state index in [1.807, 2.05) is 35.8 Å². The number of carboxylic acids is 1. The molecule has 2 saturated heterocycles. The number of carboxylic acid groups (broad SMARTS) is 1. The maximum atomic E-state index is 12.5. The van der Waals surface area contributed by atoms with Crippen LogP contribution < -0.4 is 26.7 Å². The van der Waals surface area contributed by atoms with Crippen LogP contribution in [0, 0.1) is 22.7 Å². The Kier molecular flexibility index (Phi) is 16.5. The first-order valence-corrected chi connectivity index (χ1v) is 19.6. The molecule has 4 aromatic rings. The minimum atomic E-state index is -1.16. The van der Waals surface area contributed by atoms with E-state index in [1.165, 1.54) is 18.5 Å². The van der Waals surface area contributed by atoms with Crippen LogP contribution in [0.15, 0.2) is 34.1 Å². The van der Waals surface area contributed by atoms with Crippen molar-refractivity contribution in [3.05, 3.63) is 67.7 Å². The van der Waals surface area contributed by atoms with E-state index < -0.39 is 35.9 Å². The lowest BCUT2D eigenvalue weighted by Crippen LogP contribution is -2.44. The van der Waals surface area contributed by atoms with Gasteiger partial charge >= 0.3 is 5.97 Å². The van der Waals surface area contributed by atoms with E-state index in [0.29, 0.717) is 59.4 Å². The molecule has 20 nitrogen and oxygen atoms in total. The van der Waals surface area contributed by atoms with Gasteiger partial charge in [0.2, 0.25) is 0 Å². The van der Waals surface area contributed by atoms with E-state index in [9.17, 15) is 39.9 Å². The molecular weight excluding hydrogens is 795 g/mol. The number of nitriles is 2. The summed E-state index contributed by atoms with van der Waals surface area (Å²) in [5.74, 6) is -1.45. The van der Waals surface area contributed by atoms with Crippen LogP contribution in [0.1, 0.15) is 84.5 Å². The molecule has 0 amide bonds. The van der Waals surface area contributed by atoms with Crippen LogP contribution in [0.3, 0.4) is 0 Å². The lowest BCUT2D eigenvalue weighted by atomic mass is 9.92. The predicted octanol–water partition coefficient (Wildman–Crippen LogP) is 0.913. The van der Waals surface area contributed by atoms with Crippen LogP contribution in [-0.4, -0.2) is 141 Å². The Morgan fingerprint density at radius 2 is 1.21 bits per heavy atom. The SMILES string of the molecule is COC1(C)CCN(c2c(C#N)c(=O)[nH]c3cnc(C(=O)CCC(O)CO)cc23)CC1.COC1(C)CCN(c2c(C#N)c(=O)[nH]c3cnc(C(=O)O)cc23)CC1.NCC(O)CO. The second-order valence-electron chi connectivity index (χ2n) is 15.3. The number of rotatable bonds is 12. The Bertz CT molecular complexity index is 2390. The Labute approximate surface area is 350 Å². The van der Waals surface area contributed by atoms with Crippen molar-refractivity contribution in [2.45, 2.75) is 75.8 Å². The number of aromatic nitrogens is 4. The summed E-state index contributed by atoms with van der Waals surface area (Å²) in [6.45, 7) is 5.95. The highest BCUT2D eigenvalue weighted by Crippen LogP contribution is 2.35. The number of methoxy groups -OCH3 is 2. The number of nitrogens with zero attached hydrogens (tertiary/aromatic N) is 6. The number of aromatic carboxylic acids is 1. The molecule has 9 N–H and O–H groups in total. The van der Waals surface area contributed by atoms with Gasteiger partial charge in [-0.25, -0.2) is 9.78 Å². The van der Waals surface area contributed by atoms with Crippen molar-refractivity contribution in [2.75, 3.05) is 70.0 Å². The van der Waals surface area contributed by atoms with Crippen LogP contribution in [0.2, 0.25) is 0 Å². The fraction of sp³-hybridized carbons (Fsp3) is 0.512.